The minimum Gasteiger partial charge on any atom is -0.497 e. The number of amides is 1. The second-order valence-electron chi connectivity index (χ2n) is 6.83. The fourth-order valence-electron chi connectivity index (χ4n) is 3.48. The van der Waals surface area contributed by atoms with Crippen molar-refractivity contribution in [2.75, 3.05) is 7.11 Å². The van der Waals surface area contributed by atoms with E-state index in [9.17, 15) is 4.79 Å². The van der Waals surface area contributed by atoms with E-state index in [2.05, 4.69) is 29.4 Å². The maximum Gasteiger partial charge on any atom is 0.244 e. The Bertz CT molecular complexity index is 811. The van der Waals surface area contributed by atoms with Crippen molar-refractivity contribution in [1.29, 1.82) is 0 Å². The van der Waals surface area contributed by atoms with Gasteiger partial charge in [0.2, 0.25) is 5.91 Å². The van der Waals surface area contributed by atoms with Crippen LogP contribution in [-0.4, -0.2) is 54.3 Å². The highest BCUT2D eigenvalue weighted by atomic mass is 35.5. The predicted octanol–water partition coefficient (Wildman–Crippen LogP) is 1.21. The minimum atomic E-state index is -0.430. The van der Waals surface area contributed by atoms with Crippen LogP contribution in [0.3, 0.4) is 0 Å². The molecular formula is C16H21ClN6O2S. The fraction of sp³-hybridized carbons (Fsp3) is 0.500. The van der Waals surface area contributed by atoms with E-state index < -0.39 is 6.04 Å². The van der Waals surface area contributed by atoms with Gasteiger partial charge in [0.1, 0.15) is 23.2 Å². The quantitative estimate of drug-likeness (QED) is 0.775. The monoisotopic (exact) mass is 396 g/mol. The predicted molar refractivity (Wildman–Crippen MR) is 100 cm³/mol. The number of methoxy groups -OCH3 is 1. The number of rotatable bonds is 4. The molecule has 2 aliphatic heterocycles. The number of nitrogens with two attached hydrogens (primary N) is 1. The zero-order valence-corrected chi connectivity index (χ0v) is 16.3. The van der Waals surface area contributed by atoms with Crippen LogP contribution in [0.25, 0.3) is 0 Å². The van der Waals surface area contributed by atoms with Gasteiger partial charge in [0.15, 0.2) is 5.82 Å². The van der Waals surface area contributed by atoms with Gasteiger partial charge in [-0.1, -0.05) is 12.1 Å². The number of carbonyl (C=O) groups excluding carboxylic acids is 1. The summed E-state index contributed by atoms with van der Waals surface area (Å²) in [6, 6.07) is 7.15. The van der Waals surface area contributed by atoms with Crippen LogP contribution < -0.4 is 10.5 Å². The SMILES string of the molecule is COc1ccc(Cn2nnnc2C2N3C(=O)C(N)[C@H]3SC2(C)C)cc1.Cl. The third-order valence-electron chi connectivity index (χ3n) is 4.78. The van der Waals surface area contributed by atoms with E-state index in [0.717, 1.165) is 11.3 Å². The molecule has 140 valence electrons. The van der Waals surface area contributed by atoms with Gasteiger partial charge in [0.25, 0.3) is 0 Å². The molecule has 2 saturated heterocycles. The van der Waals surface area contributed by atoms with Crippen molar-refractivity contribution in [3.05, 3.63) is 35.7 Å². The maximum atomic E-state index is 12.3. The third-order valence-corrected chi connectivity index (χ3v) is 6.37. The molecule has 1 aromatic carbocycles. The first kappa shape index (κ1) is 18.9. The molecule has 0 radical (unpaired) electrons. The molecule has 3 atom stereocenters. The molecule has 1 amide bonds. The summed E-state index contributed by atoms with van der Waals surface area (Å²) < 4.78 is 6.74. The average Bonchev–Trinajstić information content (AvgIpc) is 3.14. The van der Waals surface area contributed by atoms with Gasteiger partial charge >= 0.3 is 0 Å². The molecule has 8 nitrogen and oxygen atoms in total. The number of thioether (sulfide) groups is 1. The largest absolute Gasteiger partial charge is 0.497 e. The van der Waals surface area contributed by atoms with Crippen molar-refractivity contribution in [3.8, 4) is 5.75 Å². The summed E-state index contributed by atoms with van der Waals surface area (Å²) in [5.41, 5.74) is 7.01. The van der Waals surface area contributed by atoms with Crippen LogP contribution in [0, 0.1) is 0 Å². The first-order valence-electron chi connectivity index (χ1n) is 8.07. The lowest BCUT2D eigenvalue weighted by Crippen LogP contribution is -2.65. The zero-order chi connectivity index (χ0) is 17.8. The summed E-state index contributed by atoms with van der Waals surface area (Å²) in [6.45, 7) is 4.74. The Morgan fingerprint density at radius 3 is 2.65 bits per heavy atom. The highest BCUT2D eigenvalue weighted by molar-refractivity contribution is 8.01. The number of benzene rings is 1. The van der Waals surface area contributed by atoms with Crippen LogP contribution in [0.5, 0.6) is 5.75 Å². The average molecular weight is 397 g/mol. The lowest BCUT2D eigenvalue weighted by molar-refractivity contribution is -0.147. The van der Waals surface area contributed by atoms with Gasteiger partial charge in [-0.05, 0) is 42.0 Å². The standard InChI is InChI=1S/C16H20N6O2S.ClH/c1-16(2)12(22-14(23)11(17)15(22)25-16)13-18-19-20-21(13)8-9-4-6-10(24-3)7-5-9;/h4-7,11-12,15H,8,17H2,1-3H3;1H/t11?,12?,15-;/m1./s1. The molecule has 0 saturated carbocycles. The first-order chi connectivity index (χ1) is 11.9. The summed E-state index contributed by atoms with van der Waals surface area (Å²) in [7, 11) is 1.64. The van der Waals surface area contributed by atoms with Gasteiger partial charge in [-0.25, -0.2) is 4.68 Å². The Morgan fingerprint density at radius 1 is 1.31 bits per heavy atom. The van der Waals surface area contributed by atoms with Gasteiger partial charge in [0, 0.05) is 4.75 Å². The number of β-lactam (4-membered cyclic amide) rings is 1. The van der Waals surface area contributed by atoms with Crippen LogP contribution in [0.4, 0.5) is 0 Å². The number of hydrogen-bond donors (Lipinski definition) is 1. The molecule has 4 rings (SSSR count). The molecule has 2 N–H and O–H groups in total. The summed E-state index contributed by atoms with van der Waals surface area (Å²) in [6.07, 6.45) is 0. The minimum absolute atomic E-state index is 0. The molecule has 0 bridgehead atoms. The lowest BCUT2D eigenvalue weighted by Gasteiger charge is -2.42. The number of ether oxygens (including phenoxy) is 1. The summed E-state index contributed by atoms with van der Waals surface area (Å²) >= 11 is 1.71. The second kappa shape index (κ2) is 6.71. The highest BCUT2D eigenvalue weighted by Crippen LogP contribution is 2.56. The molecule has 0 aliphatic carbocycles. The zero-order valence-electron chi connectivity index (χ0n) is 14.7. The smallest absolute Gasteiger partial charge is 0.244 e. The van der Waals surface area contributed by atoms with Gasteiger partial charge in [-0.15, -0.1) is 29.3 Å². The maximum absolute atomic E-state index is 12.3. The molecule has 2 unspecified atom stereocenters. The van der Waals surface area contributed by atoms with E-state index in [1.807, 2.05) is 29.2 Å². The van der Waals surface area contributed by atoms with Gasteiger partial charge in [0.05, 0.1) is 13.7 Å². The Labute approximate surface area is 161 Å². The second-order valence-corrected chi connectivity index (χ2v) is 8.60. The fourth-order valence-corrected chi connectivity index (χ4v) is 5.06. The van der Waals surface area contributed by atoms with E-state index in [1.165, 1.54) is 0 Å². The molecule has 2 aromatic rings. The van der Waals surface area contributed by atoms with Crippen LogP contribution in [0.1, 0.15) is 31.3 Å². The van der Waals surface area contributed by atoms with E-state index in [4.69, 9.17) is 10.5 Å². The van der Waals surface area contributed by atoms with E-state index in [0.29, 0.717) is 12.4 Å². The third kappa shape index (κ3) is 2.83. The Hall–Kier alpha value is -1.84. The van der Waals surface area contributed by atoms with Crippen molar-refractivity contribution in [1.82, 2.24) is 25.1 Å². The number of nitrogens with zero attached hydrogens (tertiary/aromatic N) is 5. The Balaban J connectivity index is 0.00000196. The van der Waals surface area contributed by atoms with Gasteiger partial charge < -0.3 is 15.4 Å². The normalized spacial score (nSPS) is 26.1. The van der Waals surface area contributed by atoms with Crippen molar-refractivity contribution in [2.24, 2.45) is 5.73 Å². The molecule has 10 heteroatoms. The van der Waals surface area contributed by atoms with Crippen LogP contribution in [-0.2, 0) is 11.3 Å². The number of carbonyl (C=O) groups is 1. The van der Waals surface area contributed by atoms with Crippen LogP contribution >= 0.6 is 24.2 Å². The Kier molecular flexibility index (Phi) is 4.89. The summed E-state index contributed by atoms with van der Waals surface area (Å²) in [5.74, 6) is 1.46. The molecule has 3 heterocycles. The number of halogens is 1. The lowest BCUT2D eigenvalue weighted by atomic mass is 9.95. The van der Waals surface area contributed by atoms with Crippen LogP contribution in [0.15, 0.2) is 24.3 Å². The number of fused-ring (bicyclic) bond motifs is 1. The molecule has 1 aromatic heterocycles. The van der Waals surface area contributed by atoms with E-state index in [1.54, 1.807) is 23.6 Å². The van der Waals surface area contributed by atoms with E-state index in [-0.39, 0.29) is 34.5 Å². The van der Waals surface area contributed by atoms with Crippen molar-refractivity contribution in [2.45, 2.75) is 42.6 Å². The number of aromatic nitrogens is 4. The van der Waals surface area contributed by atoms with Gasteiger partial charge in [-0.3, -0.25) is 4.79 Å². The molecule has 0 spiro atoms. The first-order valence-corrected chi connectivity index (χ1v) is 8.95. The van der Waals surface area contributed by atoms with Crippen molar-refractivity contribution >= 4 is 30.1 Å². The highest BCUT2D eigenvalue weighted by Gasteiger charge is 2.61. The molecule has 2 aliphatic rings. The molecule has 2 fully saturated rings. The van der Waals surface area contributed by atoms with Crippen molar-refractivity contribution in [3.63, 3.8) is 0 Å². The van der Waals surface area contributed by atoms with Gasteiger partial charge in [-0.2, -0.15) is 0 Å². The van der Waals surface area contributed by atoms with E-state index >= 15 is 0 Å². The molecular weight excluding hydrogens is 376 g/mol. The summed E-state index contributed by atoms with van der Waals surface area (Å²) in [4.78, 5) is 14.1. The topological polar surface area (TPSA) is 99.2 Å². The number of tetrazole rings is 1. The van der Waals surface area contributed by atoms with Crippen molar-refractivity contribution < 1.29 is 9.53 Å². The van der Waals surface area contributed by atoms with Crippen LogP contribution in [0.2, 0.25) is 0 Å². The Morgan fingerprint density at radius 2 is 2.00 bits per heavy atom. The molecule has 26 heavy (non-hydrogen) atoms. The number of hydrogen-bond acceptors (Lipinski definition) is 7. The summed E-state index contributed by atoms with van der Waals surface area (Å²) in [5, 5.41) is 12.2.